The quantitative estimate of drug-likeness (QED) is 0.829. The Morgan fingerprint density at radius 1 is 1.05 bits per heavy atom. The summed E-state index contributed by atoms with van der Waals surface area (Å²) in [6.07, 6.45) is 0. The van der Waals surface area contributed by atoms with Gasteiger partial charge >= 0.3 is 6.61 Å². The number of anilines is 1. The van der Waals surface area contributed by atoms with Crippen molar-refractivity contribution in [2.24, 2.45) is 0 Å². The molecule has 112 valence electrons. The molecule has 0 radical (unpaired) electrons. The highest BCUT2D eigenvalue weighted by molar-refractivity contribution is 5.55. The summed E-state index contributed by atoms with van der Waals surface area (Å²) in [5, 5.41) is 3.40. The van der Waals surface area contributed by atoms with Crippen LogP contribution in [0.1, 0.15) is 29.7 Å². The van der Waals surface area contributed by atoms with E-state index in [1.807, 2.05) is 25.1 Å². The van der Waals surface area contributed by atoms with Gasteiger partial charge in [-0.2, -0.15) is 8.78 Å². The number of ether oxygens (including phenoxy) is 1. The standard InChI is InChI=1S/C17H19F2NO/c1-11-6-4-9-16(12(11)2)20-13(3)14-7-5-8-15(10-14)21-17(18)19/h4-10,13,17,20H,1-3H3. The molecule has 21 heavy (non-hydrogen) atoms. The number of hydrogen-bond donors (Lipinski definition) is 1. The van der Waals surface area contributed by atoms with Gasteiger partial charge in [-0.1, -0.05) is 24.3 Å². The van der Waals surface area contributed by atoms with Gasteiger partial charge in [-0.3, -0.25) is 0 Å². The first kappa shape index (κ1) is 15.3. The molecular formula is C17H19F2NO. The summed E-state index contributed by atoms with van der Waals surface area (Å²) in [4.78, 5) is 0. The Bertz CT molecular complexity index is 613. The van der Waals surface area contributed by atoms with Gasteiger partial charge in [0, 0.05) is 11.7 Å². The fourth-order valence-electron chi connectivity index (χ4n) is 2.18. The second-order valence-electron chi connectivity index (χ2n) is 5.06. The third-order valence-corrected chi connectivity index (χ3v) is 3.56. The maximum Gasteiger partial charge on any atom is 0.387 e. The van der Waals surface area contributed by atoms with E-state index in [-0.39, 0.29) is 11.8 Å². The third kappa shape index (κ3) is 3.94. The van der Waals surface area contributed by atoms with E-state index in [1.54, 1.807) is 12.1 Å². The van der Waals surface area contributed by atoms with Crippen LogP contribution in [-0.4, -0.2) is 6.61 Å². The molecule has 1 unspecified atom stereocenters. The molecule has 0 bridgehead atoms. The SMILES string of the molecule is Cc1cccc(NC(C)c2cccc(OC(F)F)c2)c1C. The number of halogens is 2. The summed E-state index contributed by atoms with van der Waals surface area (Å²) in [5.41, 5.74) is 4.34. The molecule has 1 N–H and O–H groups in total. The molecule has 2 aromatic carbocycles. The van der Waals surface area contributed by atoms with Crippen LogP contribution < -0.4 is 10.1 Å². The number of nitrogens with one attached hydrogen (secondary N) is 1. The van der Waals surface area contributed by atoms with Gasteiger partial charge in [-0.15, -0.1) is 0 Å². The van der Waals surface area contributed by atoms with E-state index in [2.05, 4.69) is 30.0 Å². The van der Waals surface area contributed by atoms with Crippen molar-refractivity contribution in [1.29, 1.82) is 0 Å². The van der Waals surface area contributed by atoms with Gasteiger partial charge in [0.15, 0.2) is 0 Å². The fourth-order valence-corrected chi connectivity index (χ4v) is 2.18. The summed E-state index contributed by atoms with van der Waals surface area (Å²) in [6, 6.07) is 12.8. The number of alkyl halides is 2. The van der Waals surface area contributed by atoms with Gasteiger partial charge < -0.3 is 10.1 Å². The molecular weight excluding hydrogens is 272 g/mol. The number of benzene rings is 2. The Morgan fingerprint density at radius 2 is 1.76 bits per heavy atom. The molecule has 2 aromatic rings. The Balaban J connectivity index is 2.16. The fraction of sp³-hybridized carbons (Fsp3) is 0.294. The normalized spacial score (nSPS) is 12.3. The van der Waals surface area contributed by atoms with Crippen molar-refractivity contribution in [1.82, 2.24) is 0 Å². The molecule has 0 saturated heterocycles. The van der Waals surface area contributed by atoms with Crippen molar-refractivity contribution >= 4 is 5.69 Å². The Hall–Kier alpha value is -2.10. The largest absolute Gasteiger partial charge is 0.435 e. The van der Waals surface area contributed by atoms with Crippen molar-refractivity contribution in [2.75, 3.05) is 5.32 Å². The Kier molecular flexibility index (Phi) is 4.78. The predicted octanol–water partition coefficient (Wildman–Crippen LogP) is 5.08. The summed E-state index contributed by atoms with van der Waals surface area (Å²) in [7, 11) is 0. The van der Waals surface area contributed by atoms with Crippen molar-refractivity contribution in [3.05, 3.63) is 59.2 Å². The van der Waals surface area contributed by atoms with E-state index in [9.17, 15) is 8.78 Å². The molecule has 0 amide bonds. The van der Waals surface area contributed by atoms with Crippen LogP contribution >= 0.6 is 0 Å². The van der Waals surface area contributed by atoms with Crippen LogP contribution in [-0.2, 0) is 0 Å². The Labute approximate surface area is 123 Å². The number of aryl methyl sites for hydroxylation is 1. The van der Waals surface area contributed by atoms with Crippen molar-refractivity contribution in [3.63, 3.8) is 0 Å². The first-order chi connectivity index (χ1) is 9.97. The molecule has 2 rings (SSSR count). The van der Waals surface area contributed by atoms with Crippen molar-refractivity contribution < 1.29 is 13.5 Å². The third-order valence-electron chi connectivity index (χ3n) is 3.56. The molecule has 4 heteroatoms. The van der Waals surface area contributed by atoms with Crippen molar-refractivity contribution in [3.8, 4) is 5.75 Å². The zero-order chi connectivity index (χ0) is 15.4. The van der Waals surface area contributed by atoms with Gasteiger partial charge in [0.25, 0.3) is 0 Å². The molecule has 0 heterocycles. The number of rotatable bonds is 5. The minimum Gasteiger partial charge on any atom is -0.435 e. The van der Waals surface area contributed by atoms with E-state index >= 15 is 0 Å². The average Bonchev–Trinajstić information content (AvgIpc) is 2.43. The minimum atomic E-state index is -2.80. The predicted molar refractivity (Wildman–Crippen MR) is 81.0 cm³/mol. The maximum absolute atomic E-state index is 12.3. The summed E-state index contributed by atoms with van der Waals surface area (Å²) >= 11 is 0. The molecule has 0 aliphatic rings. The molecule has 0 aliphatic carbocycles. The molecule has 0 aliphatic heterocycles. The van der Waals surface area contributed by atoms with Gasteiger partial charge in [0.1, 0.15) is 5.75 Å². The lowest BCUT2D eigenvalue weighted by Crippen LogP contribution is -2.09. The van der Waals surface area contributed by atoms with E-state index in [0.29, 0.717) is 0 Å². The highest BCUT2D eigenvalue weighted by Gasteiger charge is 2.10. The monoisotopic (exact) mass is 291 g/mol. The van der Waals surface area contributed by atoms with Gasteiger partial charge in [-0.25, -0.2) is 0 Å². The summed E-state index contributed by atoms with van der Waals surface area (Å²) in [5.74, 6) is 0.178. The van der Waals surface area contributed by atoms with Crippen LogP contribution in [0, 0.1) is 13.8 Å². The molecule has 0 saturated carbocycles. The van der Waals surface area contributed by atoms with E-state index < -0.39 is 6.61 Å². The van der Waals surface area contributed by atoms with Crippen LogP contribution in [0.15, 0.2) is 42.5 Å². The minimum absolute atomic E-state index is 0.00766. The van der Waals surface area contributed by atoms with Gasteiger partial charge in [0.2, 0.25) is 0 Å². The molecule has 1 atom stereocenters. The van der Waals surface area contributed by atoms with Crippen molar-refractivity contribution in [2.45, 2.75) is 33.4 Å². The van der Waals surface area contributed by atoms with Crippen LogP contribution in [0.3, 0.4) is 0 Å². The molecule has 0 fully saturated rings. The first-order valence-electron chi connectivity index (χ1n) is 6.85. The highest BCUT2D eigenvalue weighted by Crippen LogP contribution is 2.26. The van der Waals surface area contributed by atoms with E-state index in [4.69, 9.17) is 0 Å². The zero-order valence-electron chi connectivity index (χ0n) is 12.4. The van der Waals surface area contributed by atoms with Crippen LogP contribution in [0.5, 0.6) is 5.75 Å². The number of hydrogen-bond acceptors (Lipinski definition) is 2. The first-order valence-corrected chi connectivity index (χ1v) is 6.85. The lowest BCUT2D eigenvalue weighted by Gasteiger charge is -2.19. The Morgan fingerprint density at radius 3 is 2.48 bits per heavy atom. The smallest absolute Gasteiger partial charge is 0.387 e. The second-order valence-corrected chi connectivity index (χ2v) is 5.06. The summed E-state index contributed by atoms with van der Waals surface area (Å²) < 4.78 is 29.0. The second kappa shape index (κ2) is 6.57. The molecule has 0 aromatic heterocycles. The van der Waals surface area contributed by atoms with E-state index in [1.165, 1.54) is 17.2 Å². The maximum atomic E-state index is 12.3. The van der Waals surface area contributed by atoms with Gasteiger partial charge in [0.05, 0.1) is 0 Å². The molecule has 0 spiro atoms. The summed E-state index contributed by atoms with van der Waals surface area (Å²) in [6.45, 7) is 3.30. The lowest BCUT2D eigenvalue weighted by molar-refractivity contribution is -0.0498. The average molecular weight is 291 g/mol. The zero-order valence-corrected chi connectivity index (χ0v) is 12.4. The van der Waals surface area contributed by atoms with Crippen LogP contribution in [0.25, 0.3) is 0 Å². The van der Waals surface area contributed by atoms with Crippen LogP contribution in [0.4, 0.5) is 14.5 Å². The van der Waals surface area contributed by atoms with Crippen LogP contribution in [0.2, 0.25) is 0 Å². The van der Waals surface area contributed by atoms with Gasteiger partial charge in [-0.05, 0) is 55.7 Å². The topological polar surface area (TPSA) is 21.3 Å². The molecule has 2 nitrogen and oxygen atoms in total. The lowest BCUT2D eigenvalue weighted by atomic mass is 10.0. The highest BCUT2D eigenvalue weighted by atomic mass is 19.3. The van der Waals surface area contributed by atoms with E-state index in [0.717, 1.165) is 11.3 Å².